The SMILES string of the molecule is CCC(CC)(CN)NS(=O)(=O)c1c(C)cccc1[N+](=O)[O-].Cl. The van der Waals surface area contributed by atoms with Gasteiger partial charge in [-0.1, -0.05) is 26.0 Å². The van der Waals surface area contributed by atoms with Gasteiger partial charge in [0, 0.05) is 18.2 Å². The quantitative estimate of drug-likeness (QED) is 0.576. The summed E-state index contributed by atoms with van der Waals surface area (Å²) in [5.41, 5.74) is 4.79. The summed E-state index contributed by atoms with van der Waals surface area (Å²) in [6, 6.07) is 4.18. The van der Waals surface area contributed by atoms with E-state index in [2.05, 4.69) is 4.72 Å². The summed E-state index contributed by atoms with van der Waals surface area (Å²) in [5, 5.41) is 11.1. The van der Waals surface area contributed by atoms with E-state index >= 15 is 0 Å². The lowest BCUT2D eigenvalue weighted by atomic mass is 9.95. The fourth-order valence-electron chi connectivity index (χ4n) is 2.19. The Balaban J connectivity index is 0.00000441. The number of nitro groups is 1. The third-order valence-electron chi connectivity index (χ3n) is 3.75. The summed E-state index contributed by atoms with van der Waals surface area (Å²) < 4.78 is 27.8. The van der Waals surface area contributed by atoms with Gasteiger partial charge < -0.3 is 5.73 Å². The Kier molecular flexibility index (Phi) is 7.43. The molecule has 0 bridgehead atoms. The third-order valence-corrected chi connectivity index (χ3v) is 5.52. The van der Waals surface area contributed by atoms with Crippen molar-refractivity contribution in [3.63, 3.8) is 0 Å². The average molecular weight is 352 g/mol. The number of hydrogen-bond donors (Lipinski definition) is 2. The van der Waals surface area contributed by atoms with Crippen molar-refractivity contribution in [3.8, 4) is 0 Å². The number of hydrogen-bond acceptors (Lipinski definition) is 5. The first-order chi connectivity index (χ1) is 9.73. The second-order valence-electron chi connectivity index (χ2n) is 4.98. The Bertz CT molecular complexity index is 622. The molecule has 7 nitrogen and oxygen atoms in total. The van der Waals surface area contributed by atoms with Gasteiger partial charge in [0.2, 0.25) is 10.0 Å². The van der Waals surface area contributed by atoms with Crippen molar-refractivity contribution in [2.75, 3.05) is 6.54 Å². The highest BCUT2D eigenvalue weighted by molar-refractivity contribution is 7.89. The molecular weight excluding hydrogens is 330 g/mol. The molecule has 0 saturated heterocycles. The summed E-state index contributed by atoms with van der Waals surface area (Å²) in [7, 11) is -4.03. The lowest BCUT2D eigenvalue weighted by molar-refractivity contribution is -0.387. The Morgan fingerprint density at radius 2 is 1.86 bits per heavy atom. The zero-order valence-electron chi connectivity index (χ0n) is 12.8. The van der Waals surface area contributed by atoms with E-state index < -0.39 is 26.2 Å². The highest BCUT2D eigenvalue weighted by Gasteiger charge is 2.35. The molecule has 0 unspecified atom stereocenters. The minimum absolute atomic E-state index is 0. The largest absolute Gasteiger partial charge is 0.329 e. The van der Waals surface area contributed by atoms with Crippen molar-refractivity contribution in [2.24, 2.45) is 5.73 Å². The highest BCUT2D eigenvalue weighted by Crippen LogP contribution is 2.28. The average Bonchev–Trinajstić information content (AvgIpc) is 2.44. The van der Waals surface area contributed by atoms with Gasteiger partial charge in [-0.15, -0.1) is 12.4 Å². The van der Waals surface area contributed by atoms with Crippen LogP contribution >= 0.6 is 12.4 Å². The van der Waals surface area contributed by atoms with Crippen molar-refractivity contribution in [3.05, 3.63) is 33.9 Å². The van der Waals surface area contributed by atoms with Gasteiger partial charge in [0.25, 0.3) is 5.69 Å². The standard InChI is InChI=1S/C13H21N3O4S.ClH/c1-4-13(5-2,9-14)15-21(19,20)12-10(3)7-6-8-11(12)16(17)18;/h6-8,15H,4-5,9,14H2,1-3H3;1H. The molecule has 0 aliphatic heterocycles. The van der Waals surface area contributed by atoms with Crippen LogP contribution in [0.25, 0.3) is 0 Å². The van der Waals surface area contributed by atoms with Gasteiger partial charge in [-0.2, -0.15) is 0 Å². The summed E-state index contributed by atoms with van der Waals surface area (Å²) in [6.07, 6.45) is 0.998. The minimum atomic E-state index is -4.03. The fourth-order valence-corrected chi connectivity index (χ4v) is 4.15. The maximum Gasteiger partial charge on any atom is 0.289 e. The number of nitro benzene ring substituents is 1. The molecule has 0 aliphatic rings. The highest BCUT2D eigenvalue weighted by atomic mass is 35.5. The number of rotatable bonds is 7. The maximum absolute atomic E-state index is 12.6. The molecule has 0 saturated carbocycles. The molecule has 1 rings (SSSR count). The zero-order valence-corrected chi connectivity index (χ0v) is 14.5. The normalized spacial score (nSPS) is 11.8. The predicted octanol–water partition coefficient (Wildman–Crippen LogP) is 2.12. The Hall–Kier alpha value is -1.22. The molecule has 0 radical (unpaired) electrons. The van der Waals surface area contributed by atoms with Gasteiger partial charge in [-0.05, 0) is 25.3 Å². The fraction of sp³-hybridized carbons (Fsp3) is 0.538. The lowest BCUT2D eigenvalue weighted by Gasteiger charge is -2.31. The van der Waals surface area contributed by atoms with Crippen LogP contribution in [0, 0.1) is 17.0 Å². The van der Waals surface area contributed by atoms with E-state index in [9.17, 15) is 18.5 Å². The van der Waals surface area contributed by atoms with Crippen molar-refractivity contribution in [2.45, 2.75) is 44.0 Å². The third kappa shape index (κ3) is 4.16. The van der Waals surface area contributed by atoms with E-state index in [4.69, 9.17) is 5.73 Å². The predicted molar refractivity (Wildman–Crippen MR) is 87.8 cm³/mol. The topological polar surface area (TPSA) is 115 Å². The van der Waals surface area contributed by atoms with Crippen LogP contribution in [0.4, 0.5) is 5.69 Å². The molecule has 1 aromatic rings. The molecule has 0 atom stereocenters. The van der Waals surface area contributed by atoms with Crippen LogP contribution in [0.15, 0.2) is 23.1 Å². The number of halogens is 1. The minimum Gasteiger partial charge on any atom is -0.329 e. The molecule has 0 spiro atoms. The molecule has 0 fully saturated rings. The van der Waals surface area contributed by atoms with Crippen LogP contribution in [0.3, 0.4) is 0 Å². The Morgan fingerprint density at radius 3 is 2.27 bits per heavy atom. The molecule has 0 aromatic heterocycles. The van der Waals surface area contributed by atoms with E-state index in [0.29, 0.717) is 18.4 Å². The van der Waals surface area contributed by atoms with Crippen molar-refractivity contribution in [1.82, 2.24) is 4.72 Å². The Morgan fingerprint density at radius 1 is 1.32 bits per heavy atom. The van der Waals surface area contributed by atoms with E-state index in [-0.39, 0.29) is 23.8 Å². The second-order valence-corrected chi connectivity index (χ2v) is 6.60. The summed E-state index contributed by atoms with van der Waals surface area (Å²) in [6.45, 7) is 5.30. The summed E-state index contributed by atoms with van der Waals surface area (Å²) >= 11 is 0. The van der Waals surface area contributed by atoms with Gasteiger partial charge in [-0.25, -0.2) is 13.1 Å². The zero-order chi connectivity index (χ0) is 16.3. The number of nitrogens with zero attached hydrogens (tertiary/aromatic N) is 1. The van der Waals surface area contributed by atoms with Gasteiger partial charge in [0.1, 0.15) is 0 Å². The van der Waals surface area contributed by atoms with Crippen molar-refractivity contribution < 1.29 is 13.3 Å². The van der Waals surface area contributed by atoms with Crippen LogP contribution in [0.1, 0.15) is 32.3 Å². The van der Waals surface area contributed by atoms with E-state index in [0.717, 1.165) is 0 Å². The van der Waals surface area contributed by atoms with Gasteiger partial charge in [0.05, 0.1) is 4.92 Å². The molecule has 3 N–H and O–H groups in total. The first-order valence-electron chi connectivity index (χ1n) is 6.71. The number of sulfonamides is 1. The second kappa shape index (κ2) is 7.87. The van der Waals surface area contributed by atoms with Crippen LogP contribution in [-0.4, -0.2) is 25.4 Å². The molecule has 1 aromatic carbocycles. The molecule has 126 valence electrons. The Labute approximate surface area is 136 Å². The number of nitrogens with two attached hydrogens (primary N) is 1. The lowest BCUT2D eigenvalue weighted by Crippen LogP contribution is -2.52. The van der Waals surface area contributed by atoms with Gasteiger partial charge >= 0.3 is 0 Å². The molecule has 0 amide bonds. The van der Waals surface area contributed by atoms with E-state index in [1.165, 1.54) is 25.1 Å². The summed E-state index contributed by atoms with van der Waals surface area (Å²) in [5.74, 6) is 0. The maximum atomic E-state index is 12.6. The van der Waals surface area contributed by atoms with Crippen LogP contribution in [0.5, 0.6) is 0 Å². The number of aryl methyl sites for hydroxylation is 1. The van der Waals surface area contributed by atoms with E-state index in [1.807, 2.05) is 13.8 Å². The molecule has 22 heavy (non-hydrogen) atoms. The smallest absolute Gasteiger partial charge is 0.289 e. The number of benzene rings is 1. The molecule has 9 heteroatoms. The van der Waals surface area contributed by atoms with Crippen LogP contribution in [-0.2, 0) is 10.0 Å². The van der Waals surface area contributed by atoms with Crippen molar-refractivity contribution >= 4 is 28.1 Å². The van der Waals surface area contributed by atoms with E-state index in [1.54, 1.807) is 0 Å². The molecular formula is C13H22ClN3O4S. The van der Waals surface area contributed by atoms with Crippen molar-refractivity contribution in [1.29, 1.82) is 0 Å². The van der Waals surface area contributed by atoms with Crippen LogP contribution in [0.2, 0.25) is 0 Å². The van der Waals surface area contributed by atoms with Gasteiger partial charge in [0.15, 0.2) is 4.90 Å². The monoisotopic (exact) mass is 351 g/mol. The first kappa shape index (κ1) is 20.8. The molecule has 0 aliphatic carbocycles. The summed E-state index contributed by atoms with van der Waals surface area (Å²) in [4.78, 5) is 10.1. The molecule has 0 heterocycles. The first-order valence-corrected chi connectivity index (χ1v) is 8.19. The van der Waals surface area contributed by atoms with Crippen LogP contribution < -0.4 is 10.5 Å². The number of nitrogens with one attached hydrogen (secondary N) is 1. The van der Waals surface area contributed by atoms with Gasteiger partial charge in [-0.3, -0.25) is 10.1 Å².